The van der Waals surface area contributed by atoms with E-state index in [0.29, 0.717) is 31.0 Å². The fraction of sp³-hybridized carbons (Fsp3) is 0.391. The van der Waals surface area contributed by atoms with E-state index in [1.165, 1.54) is 11.6 Å². The normalized spacial score (nSPS) is 16.4. The highest BCUT2D eigenvalue weighted by Crippen LogP contribution is 2.17. The lowest BCUT2D eigenvalue weighted by atomic mass is 10.1. The molecule has 30 heavy (non-hydrogen) atoms. The van der Waals surface area contributed by atoms with Crippen molar-refractivity contribution >= 4 is 35.8 Å². The molecule has 0 radical (unpaired) electrons. The van der Waals surface area contributed by atoms with E-state index in [1.807, 2.05) is 29.2 Å². The lowest BCUT2D eigenvalue weighted by Gasteiger charge is -2.18. The van der Waals surface area contributed by atoms with E-state index in [-0.39, 0.29) is 41.6 Å². The molecule has 2 aromatic carbocycles. The molecular weight excluding hydrogens is 494 g/mol. The molecule has 1 unspecified atom stereocenters. The number of nitrogens with zero attached hydrogens (tertiary/aromatic N) is 2. The number of amides is 1. The lowest BCUT2D eigenvalue weighted by molar-refractivity contribution is -0.127. The van der Waals surface area contributed by atoms with Gasteiger partial charge in [-0.1, -0.05) is 42.5 Å². The van der Waals surface area contributed by atoms with Crippen molar-refractivity contribution in [3.63, 3.8) is 0 Å². The number of aryl methyl sites for hydroxylation is 1. The topological polar surface area (TPSA) is 56.7 Å². The lowest BCUT2D eigenvalue weighted by Crippen LogP contribution is -2.40. The van der Waals surface area contributed by atoms with Gasteiger partial charge in [-0.15, -0.1) is 24.0 Å². The molecule has 0 aromatic heterocycles. The van der Waals surface area contributed by atoms with Gasteiger partial charge in [0.25, 0.3) is 0 Å². The van der Waals surface area contributed by atoms with Crippen LogP contribution in [0.1, 0.15) is 23.1 Å². The van der Waals surface area contributed by atoms with Crippen LogP contribution < -0.4 is 10.6 Å². The Morgan fingerprint density at radius 3 is 2.63 bits per heavy atom. The highest BCUT2D eigenvalue weighted by Gasteiger charge is 2.29. The number of hydrogen-bond donors (Lipinski definition) is 2. The minimum Gasteiger partial charge on any atom is -0.356 e. The first kappa shape index (κ1) is 24.1. The number of carbonyl (C=O) groups excluding carboxylic acids is 1. The third-order valence-electron chi connectivity index (χ3n) is 5.29. The van der Waals surface area contributed by atoms with Gasteiger partial charge >= 0.3 is 0 Å². The molecule has 1 aliphatic rings. The summed E-state index contributed by atoms with van der Waals surface area (Å²) in [5.74, 6) is 0.924. The molecule has 1 aliphatic heterocycles. The van der Waals surface area contributed by atoms with E-state index in [0.717, 1.165) is 25.1 Å². The SMILES string of the molecule is CN=C(NCc1ccc(C)c(F)c1)NCC1CC(=O)N(CCc2ccccc2)C1.I. The maximum absolute atomic E-state index is 13.7. The fourth-order valence-corrected chi connectivity index (χ4v) is 3.51. The number of guanidine groups is 1. The summed E-state index contributed by atoms with van der Waals surface area (Å²) in [5.41, 5.74) is 2.75. The maximum atomic E-state index is 13.7. The molecule has 1 saturated heterocycles. The van der Waals surface area contributed by atoms with Gasteiger partial charge in [0.2, 0.25) is 5.91 Å². The molecule has 0 spiro atoms. The molecule has 0 aliphatic carbocycles. The van der Waals surface area contributed by atoms with Crippen LogP contribution in [0.25, 0.3) is 0 Å². The Morgan fingerprint density at radius 1 is 1.17 bits per heavy atom. The summed E-state index contributed by atoms with van der Waals surface area (Å²) in [6.45, 7) is 4.43. The molecule has 1 heterocycles. The van der Waals surface area contributed by atoms with E-state index in [4.69, 9.17) is 0 Å². The van der Waals surface area contributed by atoms with Gasteiger partial charge in [0, 0.05) is 45.6 Å². The second-order valence-corrected chi connectivity index (χ2v) is 7.54. The highest BCUT2D eigenvalue weighted by atomic mass is 127. The molecule has 0 bridgehead atoms. The predicted octanol–water partition coefficient (Wildman–Crippen LogP) is 3.51. The van der Waals surface area contributed by atoms with Gasteiger partial charge in [-0.2, -0.15) is 0 Å². The Labute approximate surface area is 195 Å². The highest BCUT2D eigenvalue weighted by molar-refractivity contribution is 14.0. The molecule has 2 N–H and O–H groups in total. The van der Waals surface area contributed by atoms with Crippen molar-refractivity contribution in [2.75, 3.05) is 26.7 Å². The molecule has 2 aromatic rings. The summed E-state index contributed by atoms with van der Waals surface area (Å²) < 4.78 is 13.7. The van der Waals surface area contributed by atoms with Crippen LogP contribution in [0.3, 0.4) is 0 Å². The number of carbonyl (C=O) groups is 1. The van der Waals surface area contributed by atoms with Crippen LogP contribution in [0.4, 0.5) is 4.39 Å². The summed E-state index contributed by atoms with van der Waals surface area (Å²) in [6.07, 6.45) is 1.44. The van der Waals surface area contributed by atoms with Crippen LogP contribution >= 0.6 is 24.0 Å². The first-order chi connectivity index (χ1) is 14.0. The third kappa shape index (κ3) is 6.97. The van der Waals surface area contributed by atoms with Gasteiger partial charge in [-0.05, 0) is 36.1 Å². The standard InChI is InChI=1S/C23H29FN4O.HI/c1-17-8-9-19(12-21(17)24)14-26-23(25-2)27-15-20-13-22(29)28(16-20)11-10-18-6-4-3-5-7-18;/h3-9,12,20H,10-11,13-16H2,1-2H3,(H2,25,26,27);1H. The van der Waals surface area contributed by atoms with Gasteiger partial charge in [0.15, 0.2) is 5.96 Å². The average Bonchev–Trinajstić information content (AvgIpc) is 3.09. The van der Waals surface area contributed by atoms with Crippen LogP contribution in [0.15, 0.2) is 53.5 Å². The van der Waals surface area contributed by atoms with Gasteiger partial charge in [-0.3, -0.25) is 9.79 Å². The van der Waals surface area contributed by atoms with Crippen LogP contribution in [0.2, 0.25) is 0 Å². The van der Waals surface area contributed by atoms with Crippen LogP contribution in [0, 0.1) is 18.7 Å². The number of nitrogens with one attached hydrogen (secondary N) is 2. The van der Waals surface area contributed by atoms with Crippen molar-refractivity contribution in [3.8, 4) is 0 Å². The smallest absolute Gasteiger partial charge is 0.223 e. The Bertz CT molecular complexity index is 860. The monoisotopic (exact) mass is 524 g/mol. The molecule has 162 valence electrons. The van der Waals surface area contributed by atoms with Crippen molar-refractivity contribution in [2.45, 2.75) is 26.3 Å². The van der Waals surface area contributed by atoms with Crippen molar-refractivity contribution < 1.29 is 9.18 Å². The van der Waals surface area contributed by atoms with Crippen molar-refractivity contribution in [3.05, 3.63) is 71.0 Å². The van der Waals surface area contributed by atoms with Crippen LogP contribution in [0.5, 0.6) is 0 Å². The fourth-order valence-electron chi connectivity index (χ4n) is 3.51. The molecule has 5 nitrogen and oxygen atoms in total. The van der Waals surface area contributed by atoms with Crippen molar-refractivity contribution in [1.82, 2.24) is 15.5 Å². The van der Waals surface area contributed by atoms with Gasteiger partial charge < -0.3 is 15.5 Å². The second-order valence-electron chi connectivity index (χ2n) is 7.54. The van der Waals surface area contributed by atoms with Crippen molar-refractivity contribution in [1.29, 1.82) is 0 Å². The number of likely N-dealkylation sites (tertiary alicyclic amines) is 1. The molecule has 7 heteroatoms. The quantitative estimate of drug-likeness (QED) is 0.331. The van der Waals surface area contributed by atoms with Gasteiger partial charge in [-0.25, -0.2) is 4.39 Å². The Morgan fingerprint density at radius 2 is 1.93 bits per heavy atom. The van der Waals surface area contributed by atoms with E-state index in [2.05, 4.69) is 27.8 Å². The number of hydrogen-bond acceptors (Lipinski definition) is 2. The van der Waals surface area contributed by atoms with E-state index in [9.17, 15) is 9.18 Å². The zero-order valence-corrected chi connectivity index (χ0v) is 19.9. The molecule has 1 atom stereocenters. The summed E-state index contributed by atoms with van der Waals surface area (Å²) in [4.78, 5) is 18.5. The third-order valence-corrected chi connectivity index (χ3v) is 5.29. The van der Waals surface area contributed by atoms with Gasteiger partial charge in [0.05, 0.1) is 0 Å². The van der Waals surface area contributed by atoms with Crippen LogP contribution in [-0.2, 0) is 17.8 Å². The molecule has 0 saturated carbocycles. The average molecular weight is 524 g/mol. The van der Waals surface area contributed by atoms with E-state index in [1.54, 1.807) is 20.0 Å². The zero-order valence-electron chi connectivity index (χ0n) is 17.5. The molecule has 1 amide bonds. The van der Waals surface area contributed by atoms with Gasteiger partial charge in [0.1, 0.15) is 5.82 Å². The van der Waals surface area contributed by atoms with Crippen molar-refractivity contribution in [2.24, 2.45) is 10.9 Å². The Kier molecular flexibility index (Phi) is 9.55. The number of rotatable bonds is 7. The second kappa shape index (κ2) is 11.9. The zero-order chi connectivity index (χ0) is 20.6. The Hall–Kier alpha value is -2.16. The number of aliphatic imine (C=N–C) groups is 1. The first-order valence-electron chi connectivity index (χ1n) is 10.1. The molecular formula is C23H30FIN4O. The maximum Gasteiger partial charge on any atom is 0.223 e. The van der Waals surface area contributed by atoms with Crippen LogP contribution in [-0.4, -0.2) is 43.4 Å². The Balaban J connectivity index is 0.00000320. The molecule has 1 fully saturated rings. The predicted molar refractivity (Wildman–Crippen MR) is 130 cm³/mol. The summed E-state index contributed by atoms with van der Waals surface area (Å²) in [5, 5.41) is 6.49. The number of halogens is 2. The first-order valence-corrected chi connectivity index (χ1v) is 10.1. The summed E-state index contributed by atoms with van der Waals surface area (Å²) in [6, 6.07) is 15.5. The summed E-state index contributed by atoms with van der Waals surface area (Å²) >= 11 is 0. The van der Waals surface area contributed by atoms with E-state index >= 15 is 0 Å². The van der Waals surface area contributed by atoms with E-state index < -0.39 is 0 Å². The number of benzene rings is 2. The minimum absolute atomic E-state index is 0. The summed E-state index contributed by atoms with van der Waals surface area (Å²) in [7, 11) is 1.71. The molecule has 3 rings (SSSR count). The largest absolute Gasteiger partial charge is 0.356 e. The minimum atomic E-state index is -0.202.